The first kappa shape index (κ1) is 18.4. The Labute approximate surface area is 132 Å². The van der Waals surface area contributed by atoms with Gasteiger partial charge >= 0.3 is 0 Å². The summed E-state index contributed by atoms with van der Waals surface area (Å²) in [5.41, 5.74) is 1.29. The van der Waals surface area contributed by atoms with Gasteiger partial charge in [-0.25, -0.2) is 0 Å². The fourth-order valence-electron chi connectivity index (χ4n) is 2.46. The third kappa shape index (κ3) is 4.68. The number of nitro groups is 1. The first-order valence-electron chi connectivity index (χ1n) is 7.90. The van der Waals surface area contributed by atoms with Crippen LogP contribution in [-0.4, -0.2) is 46.0 Å². The Balaban J connectivity index is 3.20. The Morgan fingerprint density at radius 3 is 1.59 bits per heavy atom. The average molecular weight is 309 g/mol. The summed E-state index contributed by atoms with van der Waals surface area (Å²) < 4.78 is 0. The number of nitrogens with zero attached hydrogens (tertiary/aromatic N) is 3. The van der Waals surface area contributed by atoms with E-state index in [9.17, 15) is 15.2 Å². The number of hydrogen-bond acceptors (Lipinski definition) is 5. The molecular formula is C16H27N3O3. The maximum absolute atomic E-state index is 11.2. The standard InChI is InChI=1S/C16H27N3O3/c1-5-17(6-2)11-13-9-15(19(21)22)10-14(16(13)20)12-18(7-3)8-4/h9-10,20H,5-8,11-12H2,1-4H3. The minimum absolute atomic E-state index is 0.0436. The molecular weight excluding hydrogens is 282 g/mol. The minimum Gasteiger partial charge on any atom is -0.507 e. The first-order chi connectivity index (χ1) is 10.5. The fourth-order valence-corrected chi connectivity index (χ4v) is 2.46. The van der Waals surface area contributed by atoms with Crippen molar-refractivity contribution in [2.24, 2.45) is 0 Å². The molecule has 22 heavy (non-hydrogen) atoms. The van der Waals surface area contributed by atoms with Crippen molar-refractivity contribution in [1.29, 1.82) is 0 Å². The molecule has 0 aliphatic carbocycles. The second-order valence-electron chi connectivity index (χ2n) is 5.29. The van der Waals surface area contributed by atoms with Gasteiger partial charge in [-0.2, -0.15) is 0 Å². The molecule has 1 rings (SSSR count). The highest BCUT2D eigenvalue weighted by molar-refractivity contribution is 5.49. The van der Waals surface area contributed by atoms with Gasteiger partial charge in [-0.05, 0) is 26.2 Å². The zero-order valence-electron chi connectivity index (χ0n) is 14.0. The summed E-state index contributed by atoms with van der Waals surface area (Å²) in [6.45, 7) is 12.5. The van der Waals surface area contributed by atoms with Crippen LogP contribution in [0, 0.1) is 10.1 Å². The topological polar surface area (TPSA) is 69.8 Å². The third-order valence-corrected chi connectivity index (χ3v) is 4.04. The van der Waals surface area contributed by atoms with Gasteiger partial charge < -0.3 is 5.11 Å². The first-order valence-corrected chi connectivity index (χ1v) is 7.90. The summed E-state index contributed by atoms with van der Waals surface area (Å²) in [5.74, 6) is 0.185. The van der Waals surface area contributed by atoms with Crippen LogP contribution in [0.1, 0.15) is 38.8 Å². The molecule has 0 radical (unpaired) electrons. The molecule has 0 aliphatic rings. The lowest BCUT2D eigenvalue weighted by Gasteiger charge is -2.22. The number of phenolic OH excluding ortho intramolecular Hbond substituents is 1. The molecule has 0 aromatic heterocycles. The highest BCUT2D eigenvalue weighted by Crippen LogP contribution is 2.30. The van der Waals surface area contributed by atoms with Crippen molar-refractivity contribution < 1.29 is 10.0 Å². The molecule has 0 amide bonds. The molecule has 0 atom stereocenters. The highest BCUT2D eigenvalue weighted by atomic mass is 16.6. The molecule has 0 bridgehead atoms. The smallest absolute Gasteiger partial charge is 0.270 e. The molecule has 0 fully saturated rings. The number of non-ortho nitro benzene ring substituents is 1. The number of aromatic hydroxyl groups is 1. The SMILES string of the molecule is CCN(CC)Cc1cc([N+](=O)[O-])cc(CN(CC)CC)c1O. The van der Waals surface area contributed by atoms with Crippen molar-refractivity contribution in [3.8, 4) is 5.75 Å². The lowest BCUT2D eigenvalue weighted by Crippen LogP contribution is -2.24. The summed E-state index contributed by atoms with van der Waals surface area (Å²) in [7, 11) is 0. The van der Waals surface area contributed by atoms with E-state index in [0.717, 1.165) is 26.2 Å². The van der Waals surface area contributed by atoms with Gasteiger partial charge in [-0.1, -0.05) is 27.7 Å². The largest absolute Gasteiger partial charge is 0.507 e. The van der Waals surface area contributed by atoms with Crippen molar-refractivity contribution in [2.45, 2.75) is 40.8 Å². The van der Waals surface area contributed by atoms with Crippen molar-refractivity contribution >= 4 is 5.69 Å². The molecule has 1 aromatic carbocycles. The maximum Gasteiger partial charge on any atom is 0.270 e. The minimum atomic E-state index is -0.392. The van der Waals surface area contributed by atoms with Crippen LogP contribution in [0.3, 0.4) is 0 Å². The van der Waals surface area contributed by atoms with Gasteiger partial charge in [0.1, 0.15) is 5.75 Å². The van der Waals surface area contributed by atoms with Crippen molar-refractivity contribution in [3.05, 3.63) is 33.4 Å². The van der Waals surface area contributed by atoms with Crippen LogP contribution in [0.2, 0.25) is 0 Å². The summed E-state index contributed by atoms with van der Waals surface area (Å²) >= 11 is 0. The Bertz CT molecular complexity index is 462. The van der Waals surface area contributed by atoms with E-state index in [1.807, 2.05) is 27.7 Å². The zero-order valence-corrected chi connectivity index (χ0v) is 14.0. The summed E-state index contributed by atoms with van der Waals surface area (Å²) in [6.07, 6.45) is 0. The Morgan fingerprint density at radius 2 is 1.32 bits per heavy atom. The van der Waals surface area contributed by atoms with Crippen molar-refractivity contribution in [3.63, 3.8) is 0 Å². The van der Waals surface area contributed by atoms with Crippen molar-refractivity contribution in [2.75, 3.05) is 26.2 Å². The Kier molecular flexibility index (Phi) is 7.27. The van der Waals surface area contributed by atoms with Gasteiger partial charge in [0.25, 0.3) is 5.69 Å². The van der Waals surface area contributed by atoms with Crippen LogP contribution in [-0.2, 0) is 13.1 Å². The van der Waals surface area contributed by atoms with E-state index >= 15 is 0 Å². The lowest BCUT2D eigenvalue weighted by molar-refractivity contribution is -0.385. The average Bonchev–Trinajstić information content (AvgIpc) is 2.52. The Morgan fingerprint density at radius 1 is 0.955 bits per heavy atom. The van der Waals surface area contributed by atoms with Gasteiger partial charge in [-0.3, -0.25) is 19.9 Å². The number of phenols is 1. The Hall–Kier alpha value is -1.66. The number of nitro benzene ring substituents is 1. The zero-order chi connectivity index (χ0) is 16.7. The third-order valence-electron chi connectivity index (χ3n) is 4.04. The lowest BCUT2D eigenvalue weighted by atomic mass is 10.1. The second kappa shape index (κ2) is 8.70. The van der Waals surface area contributed by atoms with Crippen LogP contribution < -0.4 is 0 Å². The second-order valence-corrected chi connectivity index (χ2v) is 5.29. The molecule has 0 saturated heterocycles. The molecule has 1 N–H and O–H groups in total. The number of rotatable bonds is 9. The van der Waals surface area contributed by atoms with Crippen LogP contribution >= 0.6 is 0 Å². The highest BCUT2D eigenvalue weighted by Gasteiger charge is 2.18. The molecule has 0 aliphatic heterocycles. The molecule has 1 aromatic rings. The maximum atomic E-state index is 11.2. The van der Waals surface area contributed by atoms with E-state index in [4.69, 9.17) is 0 Å². The molecule has 0 spiro atoms. The van der Waals surface area contributed by atoms with Gasteiger partial charge in [0.05, 0.1) is 4.92 Å². The monoisotopic (exact) mass is 309 g/mol. The van der Waals surface area contributed by atoms with Crippen LogP contribution in [0.25, 0.3) is 0 Å². The molecule has 0 saturated carbocycles. The summed E-state index contributed by atoms with van der Waals surface area (Å²) in [4.78, 5) is 15.0. The van der Waals surface area contributed by atoms with E-state index in [0.29, 0.717) is 24.2 Å². The molecule has 124 valence electrons. The van der Waals surface area contributed by atoms with E-state index in [-0.39, 0.29) is 11.4 Å². The van der Waals surface area contributed by atoms with Crippen molar-refractivity contribution in [1.82, 2.24) is 9.80 Å². The van der Waals surface area contributed by atoms with Gasteiger partial charge in [0.2, 0.25) is 0 Å². The summed E-state index contributed by atoms with van der Waals surface area (Å²) in [6, 6.07) is 2.97. The predicted octanol–water partition coefficient (Wildman–Crippen LogP) is 2.98. The van der Waals surface area contributed by atoms with E-state index < -0.39 is 4.92 Å². The van der Waals surface area contributed by atoms with Gasteiger partial charge in [0.15, 0.2) is 0 Å². The molecule has 0 unspecified atom stereocenters. The van der Waals surface area contributed by atoms with Crippen LogP contribution in [0.4, 0.5) is 5.69 Å². The normalized spacial score (nSPS) is 11.4. The van der Waals surface area contributed by atoms with Gasteiger partial charge in [-0.15, -0.1) is 0 Å². The van der Waals surface area contributed by atoms with E-state index in [1.54, 1.807) is 0 Å². The van der Waals surface area contributed by atoms with Crippen LogP contribution in [0.5, 0.6) is 5.75 Å². The quantitative estimate of drug-likeness (QED) is 0.561. The number of hydrogen-bond donors (Lipinski definition) is 1. The van der Waals surface area contributed by atoms with E-state index in [2.05, 4.69) is 9.80 Å². The predicted molar refractivity (Wildman–Crippen MR) is 88.0 cm³/mol. The molecule has 6 heteroatoms. The number of benzene rings is 1. The van der Waals surface area contributed by atoms with E-state index in [1.165, 1.54) is 12.1 Å². The van der Waals surface area contributed by atoms with Gasteiger partial charge in [0, 0.05) is 36.3 Å². The van der Waals surface area contributed by atoms with Crippen LogP contribution in [0.15, 0.2) is 12.1 Å². The summed E-state index contributed by atoms with van der Waals surface area (Å²) in [5, 5.41) is 21.7. The fraction of sp³-hybridized carbons (Fsp3) is 0.625. The molecule has 0 heterocycles. The molecule has 6 nitrogen and oxygen atoms in total.